The van der Waals surface area contributed by atoms with Crippen molar-refractivity contribution in [3.63, 3.8) is 0 Å². The van der Waals surface area contributed by atoms with Gasteiger partial charge in [-0.3, -0.25) is 0 Å². The Morgan fingerprint density at radius 1 is 0.852 bits per heavy atom. The van der Waals surface area contributed by atoms with Gasteiger partial charge in [-0.05, 0) is 99.2 Å². The number of unbranched alkanes of at least 4 members (excludes halogenated alkanes) is 1. The molecule has 0 unspecified atom stereocenters. The number of allylic oxidation sites excluding steroid dienone is 2. The van der Waals surface area contributed by atoms with E-state index in [1.807, 2.05) is 0 Å². The van der Waals surface area contributed by atoms with Gasteiger partial charge in [-0.1, -0.05) is 44.4 Å². The van der Waals surface area contributed by atoms with Gasteiger partial charge < -0.3 is 0 Å². The highest BCUT2D eigenvalue weighted by atomic mass is 19.2. The van der Waals surface area contributed by atoms with E-state index in [1.165, 1.54) is 76.3 Å². The first-order valence-electron chi connectivity index (χ1n) is 11.3. The van der Waals surface area contributed by atoms with Crippen LogP contribution in [0, 0.1) is 29.4 Å². The van der Waals surface area contributed by atoms with Crippen LogP contribution in [0.3, 0.4) is 0 Å². The van der Waals surface area contributed by atoms with Crippen LogP contribution in [0.25, 0.3) is 0 Å². The fraction of sp³-hybridized carbons (Fsp3) is 0.680. The van der Waals surface area contributed by atoms with Crippen LogP contribution in [-0.2, 0) is 0 Å². The van der Waals surface area contributed by atoms with Crippen molar-refractivity contribution < 1.29 is 8.78 Å². The normalized spacial score (nSPS) is 29.3. The predicted octanol–water partition coefficient (Wildman–Crippen LogP) is 8.18. The average molecular weight is 375 g/mol. The Labute approximate surface area is 164 Å². The maximum absolute atomic E-state index is 13.5. The highest BCUT2D eigenvalue weighted by molar-refractivity contribution is 5.22. The monoisotopic (exact) mass is 374 g/mol. The molecule has 0 nitrogen and oxygen atoms in total. The van der Waals surface area contributed by atoms with Gasteiger partial charge in [-0.15, -0.1) is 0 Å². The minimum Gasteiger partial charge on any atom is -0.204 e. The second-order valence-corrected chi connectivity index (χ2v) is 8.97. The van der Waals surface area contributed by atoms with Crippen molar-refractivity contribution in [2.75, 3.05) is 0 Å². The van der Waals surface area contributed by atoms with Crippen molar-refractivity contribution in [1.82, 2.24) is 0 Å². The molecule has 27 heavy (non-hydrogen) atoms. The molecule has 0 spiro atoms. The Morgan fingerprint density at radius 2 is 1.48 bits per heavy atom. The van der Waals surface area contributed by atoms with E-state index < -0.39 is 11.6 Å². The zero-order valence-electron chi connectivity index (χ0n) is 16.9. The van der Waals surface area contributed by atoms with Crippen molar-refractivity contribution in [2.24, 2.45) is 17.8 Å². The summed E-state index contributed by atoms with van der Waals surface area (Å²) in [6, 6.07) is 4.47. The average Bonchev–Trinajstić information content (AvgIpc) is 2.70. The summed E-state index contributed by atoms with van der Waals surface area (Å²) >= 11 is 0. The van der Waals surface area contributed by atoms with E-state index in [-0.39, 0.29) is 0 Å². The molecule has 0 radical (unpaired) electrons. The molecule has 1 aromatic rings. The van der Waals surface area contributed by atoms with Crippen LogP contribution in [0.15, 0.2) is 30.4 Å². The lowest BCUT2D eigenvalue weighted by atomic mass is 9.74. The van der Waals surface area contributed by atoms with Crippen molar-refractivity contribution in [1.29, 1.82) is 0 Å². The number of rotatable bonds is 7. The Balaban J connectivity index is 1.35. The molecule has 0 aliphatic heterocycles. The summed E-state index contributed by atoms with van der Waals surface area (Å²) < 4.78 is 26.6. The molecule has 0 N–H and O–H groups in total. The van der Waals surface area contributed by atoms with Crippen LogP contribution >= 0.6 is 0 Å². The number of halogens is 2. The Kier molecular flexibility index (Phi) is 7.91. The van der Waals surface area contributed by atoms with Gasteiger partial charge in [0, 0.05) is 0 Å². The largest absolute Gasteiger partial charge is 0.204 e. The van der Waals surface area contributed by atoms with Crippen molar-refractivity contribution in [3.05, 3.63) is 47.5 Å². The van der Waals surface area contributed by atoms with Gasteiger partial charge in [0.05, 0.1) is 0 Å². The van der Waals surface area contributed by atoms with E-state index in [0.717, 1.165) is 36.2 Å². The second-order valence-electron chi connectivity index (χ2n) is 8.97. The van der Waals surface area contributed by atoms with Gasteiger partial charge in [0.2, 0.25) is 0 Å². The van der Waals surface area contributed by atoms with Gasteiger partial charge in [-0.25, -0.2) is 8.78 Å². The van der Waals surface area contributed by atoms with Crippen molar-refractivity contribution >= 4 is 0 Å². The summed E-state index contributed by atoms with van der Waals surface area (Å²) in [5.41, 5.74) is 0.988. The molecular formula is C25H36F2. The zero-order chi connectivity index (χ0) is 19.1. The van der Waals surface area contributed by atoms with Gasteiger partial charge in [0.1, 0.15) is 0 Å². The zero-order valence-corrected chi connectivity index (χ0v) is 16.9. The van der Waals surface area contributed by atoms with Crippen LogP contribution in [0.2, 0.25) is 0 Å². The molecule has 2 aliphatic carbocycles. The maximum atomic E-state index is 13.5. The lowest BCUT2D eigenvalue weighted by molar-refractivity contribution is 0.246. The Hall–Kier alpha value is -1.18. The minimum absolute atomic E-state index is 0.418. The first-order chi connectivity index (χ1) is 13.2. The molecule has 0 aromatic heterocycles. The van der Waals surface area contributed by atoms with Gasteiger partial charge in [0.15, 0.2) is 11.6 Å². The topological polar surface area (TPSA) is 0 Å². The van der Waals surface area contributed by atoms with Crippen LogP contribution in [0.5, 0.6) is 0 Å². The summed E-state index contributed by atoms with van der Waals surface area (Å²) in [6.07, 6.45) is 20.4. The molecule has 2 heteroatoms. The Bertz CT molecular complexity index is 590. The molecule has 0 bridgehead atoms. The highest BCUT2D eigenvalue weighted by Gasteiger charge is 2.25. The quantitative estimate of drug-likeness (QED) is 0.422. The fourth-order valence-corrected chi connectivity index (χ4v) is 5.15. The fourth-order valence-electron chi connectivity index (χ4n) is 5.15. The number of benzene rings is 1. The number of hydrogen-bond acceptors (Lipinski definition) is 0. The molecule has 0 atom stereocenters. The highest BCUT2D eigenvalue weighted by Crippen LogP contribution is 2.40. The minimum atomic E-state index is -0.733. The van der Waals surface area contributed by atoms with E-state index >= 15 is 0 Å². The van der Waals surface area contributed by atoms with Gasteiger partial charge >= 0.3 is 0 Å². The summed E-state index contributed by atoms with van der Waals surface area (Å²) in [4.78, 5) is 0. The standard InChI is InChI=1S/C25H36F2/c1-2-3-4-5-19-6-8-20(9-7-19)10-11-21-12-14-22(15-13-21)23-16-17-24(26)25(27)18-23/h4-5,16-22H,2-3,6-15H2,1H3/b5-4+. The molecule has 2 aliphatic rings. The third kappa shape index (κ3) is 6.16. The molecule has 0 heterocycles. The first-order valence-corrected chi connectivity index (χ1v) is 11.3. The van der Waals surface area contributed by atoms with E-state index in [1.54, 1.807) is 6.07 Å². The van der Waals surface area contributed by atoms with Crippen LogP contribution in [0.4, 0.5) is 8.78 Å². The molecule has 3 rings (SSSR count). The third-order valence-corrected chi connectivity index (χ3v) is 7.00. The molecule has 0 saturated heterocycles. The van der Waals surface area contributed by atoms with Gasteiger partial charge in [0.25, 0.3) is 0 Å². The van der Waals surface area contributed by atoms with E-state index in [0.29, 0.717) is 5.92 Å². The summed E-state index contributed by atoms with van der Waals surface area (Å²) in [7, 11) is 0. The van der Waals surface area contributed by atoms with Crippen LogP contribution in [0.1, 0.15) is 95.5 Å². The first kappa shape index (κ1) is 20.6. The molecule has 2 saturated carbocycles. The predicted molar refractivity (Wildman–Crippen MR) is 110 cm³/mol. The van der Waals surface area contributed by atoms with Crippen LogP contribution < -0.4 is 0 Å². The summed E-state index contributed by atoms with van der Waals surface area (Å²) in [5, 5.41) is 0. The summed E-state index contributed by atoms with van der Waals surface area (Å²) in [5.74, 6) is 1.59. The van der Waals surface area contributed by atoms with Crippen molar-refractivity contribution in [2.45, 2.75) is 89.9 Å². The lowest BCUT2D eigenvalue weighted by Crippen LogP contribution is -2.17. The smallest absolute Gasteiger partial charge is 0.159 e. The maximum Gasteiger partial charge on any atom is 0.159 e. The van der Waals surface area contributed by atoms with E-state index in [9.17, 15) is 8.78 Å². The van der Waals surface area contributed by atoms with Gasteiger partial charge in [-0.2, -0.15) is 0 Å². The SMILES string of the molecule is CCC/C=C/C1CCC(CCC2CCC(c3ccc(F)c(F)c3)CC2)CC1. The van der Waals surface area contributed by atoms with Crippen LogP contribution in [-0.4, -0.2) is 0 Å². The van der Waals surface area contributed by atoms with Crippen molar-refractivity contribution in [3.8, 4) is 0 Å². The van der Waals surface area contributed by atoms with E-state index in [4.69, 9.17) is 0 Å². The third-order valence-electron chi connectivity index (χ3n) is 7.00. The molecular weight excluding hydrogens is 338 g/mol. The second kappa shape index (κ2) is 10.4. The molecule has 1 aromatic carbocycles. The number of hydrogen-bond donors (Lipinski definition) is 0. The van der Waals surface area contributed by atoms with E-state index in [2.05, 4.69) is 19.1 Å². The lowest BCUT2D eigenvalue weighted by Gasteiger charge is -2.31. The molecule has 0 amide bonds. The molecule has 2 fully saturated rings. The Morgan fingerprint density at radius 3 is 2.07 bits per heavy atom. The molecule has 150 valence electrons. The summed E-state index contributed by atoms with van der Waals surface area (Å²) in [6.45, 7) is 2.24.